The van der Waals surface area contributed by atoms with Crippen molar-refractivity contribution in [2.24, 2.45) is 0 Å². The van der Waals surface area contributed by atoms with Crippen molar-refractivity contribution in [2.45, 2.75) is 25.7 Å². The fraction of sp³-hybridized carbons (Fsp3) is 0.357. The van der Waals surface area contributed by atoms with Crippen molar-refractivity contribution in [1.29, 1.82) is 0 Å². The quantitative estimate of drug-likeness (QED) is 0.603. The number of nitrogens with one attached hydrogen (secondary N) is 1. The van der Waals surface area contributed by atoms with Crippen molar-refractivity contribution in [3.63, 3.8) is 0 Å². The summed E-state index contributed by atoms with van der Waals surface area (Å²) in [6.07, 6.45) is 9.16. The highest BCUT2D eigenvalue weighted by atomic mass is 16.1. The molecule has 0 saturated heterocycles. The third kappa shape index (κ3) is 2.25. The molecule has 0 spiro atoms. The van der Waals surface area contributed by atoms with E-state index < -0.39 is 0 Å². The molecule has 2 heteroatoms. The van der Waals surface area contributed by atoms with Gasteiger partial charge in [0, 0.05) is 18.5 Å². The zero-order chi connectivity index (χ0) is 11.4. The first-order chi connectivity index (χ1) is 7.81. The first-order valence-corrected chi connectivity index (χ1v) is 5.65. The van der Waals surface area contributed by atoms with Crippen molar-refractivity contribution in [2.75, 3.05) is 6.54 Å². The fourth-order valence-electron chi connectivity index (χ4n) is 2.06. The van der Waals surface area contributed by atoms with E-state index in [-0.39, 0.29) is 5.91 Å². The van der Waals surface area contributed by atoms with Crippen LogP contribution in [0.4, 0.5) is 0 Å². The number of amides is 1. The van der Waals surface area contributed by atoms with Gasteiger partial charge < -0.3 is 5.32 Å². The predicted molar refractivity (Wildman–Crippen MR) is 64.3 cm³/mol. The Hall–Kier alpha value is -1.75. The summed E-state index contributed by atoms with van der Waals surface area (Å²) in [4.78, 5) is 11.7. The van der Waals surface area contributed by atoms with Crippen LogP contribution in [0.15, 0.2) is 18.2 Å². The molecule has 0 unspecified atom stereocenters. The highest BCUT2D eigenvalue weighted by Gasteiger charge is 2.13. The summed E-state index contributed by atoms with van der Waals surface area (Å²) in [5.41, 5.74) is 3.46. The van der Waals surface area contributed by atoms with Crippen molar-refractivity contribution in [3.8, 4) is 12.3 Å². The molecule has 0 aromatic heterocycles. The summed E-state index contributed by atoms with van der Waals surface area (Å²) in [6.45, 7) is 0.548. The van der Waals surface area contributed by atoms with Gasteiger partial charge in [0.25, 0.3) is 5.91 Å². The van der Waals surface area contributed by atoms with Crippen molar-refractivity contribution < 1.29 is 4.79 Å². The number of terminal acetylenes is 1. The van der Waals surface area contributed by atoms with Crippen molar-refractivity contribution in [1.82, 2.24) is 5.32 Å². The molecule has 1 aliphatic carbocycles. The van der Waals surface area contributed by atoms with E-state index in [9.17, 15) is 4.79 Å². The van der Waals surface area contributed by atoms with E-state index in [1.165, 1.54) is 17.5 Å². The lowest BCUT2D eigenvalue weighted by atomic mass is 10.1. The Balaban J connectivity index is 2.04. The Morgan fingerprint density at radius 2 is 2.19 bits per heavy atom. The molecule has 0 saturated carbocycles. The molecule has 1 aliphatic rings. The number of carbonyl (C=O) groups is 1. The zero-order valence-corrected chi connectivity index (χ0v) is 9.25. The van der Waals surface area contributed by atoms with E-state index in [4.69, 9.17) is 6.42 Å². The number of aryl methyl sites for hydroxylation is 2. The summed E-state index contributed by atoms with van der Waals surface area (Å²) in [5, 5.41) is 2.81. The second-order valence-electron chi connectivity index (χ2n) is 4.05. The molecular weight excluding hydrogens is 198 g/mol. The van der Waals surface area contributed by atoms with Crippen LogP contribution in [0.25, 0.3) is 0 Å². The van der Waals surface area contributed by atoms with Crippen LogP contribution < -0.4 is 5.32 Å². The highest BCUT2D eigenvalue weighted by Crippen LogP contribution is 2.22. The van der Waals surface area contributed by atoms with Gasteiger partial charge in [-0.25, -0.2) is 0 Å². The number of rotatable bonds is 3. The third-order valence-corrected chi connectivity index (χ3v) is 2.92. The molecule has 1 aromatic carbocycles. The lowest BCUT2D eigenvalue weighted by Crippen LogP contribution is -2.24. The van der Waals surface area contributed by atoms with Crippen LogP contribution in [-0.2, 0) is 12.8 Å². The molecule has 2 nitrogen and oxygen atoms in total. The second-order valence-corrected chi connectivity index (χ2v) is 4.05. The van der Waals surface area contributed by atoms with Crippen molar-refractivity contribution in [3.05, 3.63) is 34.9 Å². The van der Waals surface area contributed by atoms with E-state index in [0.29, 0.717) is 13.0 Å². The molecule has 16 heavy (non-hydrogen) atoms. The average molecular weight is 213 g/mol. The third-order valence-electron chi connectivity index (χ3n) is 2.92. The van der Waals surface area contributed by atoms with E-state index in [2.05, 4.69) is 17.3 Å². The number of hydrogen-bond acceptors (Lipinski definition) is 1. The van der Waals surface area contributed by atoms with Gasteiger partial charge in [0.15, 0.2) is 0 Å². The monoisotopic (exact) mass is 213 g/mol. The fourth-order valence-corrected chi connectivity index (χ4v) is 2.06. The molecule has 0 atom stereocenters. The summed E-state index contributed by atoms with van der Waals surface area (Å²) in [7, 11) is 0. The zero-order valence-electron chi connectivity index (χ0n) is 9.25. The highest BCUT2D eigenvalue weighted by molar-refractivity contribution is 5.94. The minimum absolute atomic E-state index is 0.0232. The minimum atomic E-state index is -0.0232. The van der Waals surface area contributed by atoms with E-state index >= 15 is 0 Å². The molecular formula is C14H15NO. The maximum absolute atomic E-state index is 11.7. The van der Waals surface area contributed by atoms with Crippen LogP contribution in [0, 0.1) is 12.3 Å². The first kappa shape index (κ1) is 10.8. The molecule has 0 fully saturated rings. The first-order valence-electron chi connectivity index (χ1n) is 5.65. The molecule has 2 rings (SSSR count). The van der Waals surface area contributed by atoms with Gasteiger partial charge in [-0.05, 0) is 42.5 Å². The lowest BCUT2D eigenvalue weighted by molar-refractivity contribution is 0.0954. The lowest BCUT2D eigenvalue weighted by Gasteiger charge is -2.05. The summed E-state index contributed by atoms with van der Waals surface area (Å²) in [5.74, 6) is 2.48. The van der Waals surface area contributed by atoms with Gasteiger partial charge in [0.2, 0.25) is 0 Å². The average Bonchev–Trinajstić information content (AvgIpc) is 2.76. The van der Waals surface area contributed by atoms with E-state index in [1.54, 1.807) is 0 Å². The van der Waals surface area contributed by atoms with E-state index in [1.807, 2.05) is 12.1 Å². The maximum Gasteiger partial charge on any atom is 0.251 e. The Bertz CT molecular complexity index is 443. The Kier molecular flexibility index (Phi) is 3.26. The van der Waals surface area contributed by atoms with Gasteiger partial charge in [-0.2, -0.15) is 0 Å². The summed E-state index contributed by atoms with van der Waals surface area (Å²) >= 11 is 0. The van der Waals surface area contributed by atoms with Crippen LogP contribution in [0.2, 0.25) is 0 Å². The standard InChI is InChI=1S/C14H15NO/c1-2-3-9-15-14(16)13-8-7-11-5-4-6-12(11)10-13/h1,7-8,10H,3-6,9H2,(H,15,16). The normalized spacial score (nSPS) is 12.9. The smallest absolute Gasteiger partial charge is 0.251 e. The van der Waals surface area contributed by atoms with Gasteiger partial charge in [-0.3, -0.25) is 4.79 Å². The summed E-state index contributed by atoms with van der Waals surface area (Å²) in [6, 6.07) is 5.97. The Labute approximate surface area is 96.1 Å². The molecule has 0 radical (unpaired) electrons. The van der Waals surface area contributed by atoms with Crippen LogP contribution >= 0.6 is 0 Å². The molecule has 1 aromatic rings. The van der Waals surface area contributed by atoms with Crippen LogP contribution in [0.3, 0.4) is 0 Å². The Morgan fingerprint density at radius 1 is 1.38 bits per heavy atom. The van der Waals surface area contributed by atoms with Gasteiger partial charge >= 0.3 is 0 Å². The van der Waals surface area contributed by atoms with Crippen LogP contribution in [-0.4, -0.2) is 12.5 Å². The molecule has 0 aliphatic heterocycles. The number of carbonyl (C=O) groups excluding carboxylic acids is 1. The number of fused-ring (bicyclic) bond motifs is 1. The minimum Gasteiger partial charge on any atom is -0.351 e. The maximum atomic E-state index is 11.7. The van der Waals surface area contributed by atoms with Gasteiger partial charge in [0.05, 0.1) is 0 Å². The predicted octanol–water partition coefficient (Wildman–Crippen LogP) is 1.93. The molecule has 0 bridgehead atoms. The number of hydrogen-bond donors (Lipinski definition) is 1. The SMILES string of the molecule is C#CCCNC(=O)c1ccc2c(c1)CCC2. The molecule has 82 valence electrons. The Morgan fingerprint density at radius 3 is 3.00 bits per heavy atom. The topological polar surface area (TPSA) is 29.1 Å². The van der Waals surface area contributed by atoms with Gasteiger partial charge in [-0.1, -0.05) is 6.07 Å². The van der Waals surface area contributed by atoms with Crippen LogP contribution in [0.1, 0.15) is 34.3 Å². The largest absolute Gasteiger partial charge is 0.351 e. The van der Waals surface area contributed by atoms with Crippen LogP contribution in [0.5, 0.6) is 0 Å². The number of benzene rings is 1. The summed E-state index contributed by atoms with van der Waals surface area (Å²) < 4.78 is 0. The second kappa shape index (κ2) is 4.85. The van der Waals surface area contributed by atoms with Gasteiger partial charge in [0.1, 0.15) is 0 Å². The molecule has 1 amide bonds. The molecule has 1 N–H and O–H groups in total. The molecule has 0 heterocycles. The van der Waals surface area contributed by atoms with Crippen molar-refractivity contribution >= 4 is 5.91 Å². The van der Waals surface area contributed by atoms with Gasteiger partial charge in [-0.15, -0.1) is 12.3 Å². The van der Waals surface area contributed by atoms with E-state index in [0.717, 1.165) is 18.4 Å².